The lowest BCUT2D eigenvalue weighted by atomic mass is 9.96. The van der Waals surface area contributed by atoms with E-state index >= 15 is 0 Å². The van der Waals surface area contributed by atoms with E-state index in [4.69, 9.17) is 45.4 Å². The lowest BCUT2D eigenvalue weighted by molar-refractivity contribution is 0.174. The van der Waals surface area contributed by atoms with Crippen molar-refractivity contribution in [1.29, 1.82) is 0 Å². The second-order valence-corrected chi connectivity index (χ2v) is 11.5. The number of para-hydroxylation sites is 1. The monoisotopic (exact) mass is 639 g/mol. The molecule has 236 valence electrons. The Bertz CT molecular complexity index is 2020. The maximum atomic E-state index is 14.0. The molecule has 0 atom stereocenters. The summed E-state index contributed by atoms with van der Waals surface area (Å²) in [6, 6.07) is 20.3. The van der Waals surface area contributed by atoms with Gasteiger partial charge in [0.1, 0.15) is 12.4 Å². The molecule has 1 aliphatic rings. The molecule has 1 aromatic heterocycles. The zero-order chi connectivity index (χ0) is 32.4. The van der Waals surface area contributed by atoms with Gasteiger partial charge in [-0.3, -0.25) is 4.79 Å². The molecule has 0 bridgehead atoms. The summed E-state index contributed by atoms with van der Waals surface area (Å²) < 4.78 is 30.1. The van der Waals surface area contributed by atoms with Crippen LogP contribution in [-0.2, 0) is 6.61 Å². The molecule has 0 spiro atoms. The first kappa shape index (κ1) is 31.0. The molecule has 0 saturated carbocycles. The second-order valence-electron chi connectivity index (χ2n) is 11.1. The van der Waals surface area contributed by atoms with Crippen LogP contribution in [0.4, 0.5) is 0 Å². The lowest BCUT2D eigenvalue weighted by Gasteiger charge is -2.18. The van der Waals surface area contributed by atoms with Crippen molar-refractivity contribution in [2.75, 3.05) is 20.5 Å². The van der Waals surface area contributed by atoms with E-state index in [9.17, 15) is 4.79 Å². The minimum atomic E-state index is -0.312. The number of fused-ring (bicyclic) bond motifs is 2. The van der Waals surface area contributed by atoms with Gasteiger partial charge in [0.25, 0.3) is 5.56 Å². The molecule has 0 saturated heterocycles. The van der Waals surface area contributed by atoms with Crippen molar-refractivity contribution in [3.63, 3.8) is 0 Å². The van der Waals surface area contributed by atoms with Gasteiger partial charge in [0.05, 0.1) is 30.8 Å². The van der Waals surface area contributed by atoms with Gasteiger partial charge >= 0.3 is 0 Å². The van der Waals surface area contributed by atoms with E-state index in [2.05, 4.69) is 13.8 Å². The Balaban J connectivity index is 1.46. The van der Waals surface area contributed by atoms with Crippen LogP contribution in [0.2, 0.25) is 5.02 Å². The van der Waals surface area contributed by atoms with Crippen LogP contribution >= 0.6 is 11.6 Å². The first-order valence-electron chi connectivity index (χ1n) is 15.0. The zero-order valence-corrected chi connectivity index (χ0v) is 27.1. The average Bonchev–Trinajstić information content (AvgIpc) is 3.52. The van der Waals surface area contributed by atoms with Gasteiger partial charge in [0.15, 0.2) is 28.8 Å². The van der Waals surface area contributed by atoms with Crippen LogP contribution in [0, 0.1) is 6.92 Å². The SMILES string of the molecule is CCOc1cc(C)c(-c2nc3ccccc3c(=O)n2N=Cc2cc(Cl)cc(OC)c2OCc2ccc3c(c2)OCO3)cc1C(C)C. The number of hydrogen-bond donors (Lipinski definition) is 0. The molecular formula is C36H34ClN3O6. The van der Waals surface area contributed by atoms with Gasteiger partial charge < -0.3 is 23.7 Å². The largest absolute Gasteiger partial charge is 0.494 e. The predicted octanol–water partition coefficient (Wildman–Crippen LogP) is 7.75. The van der Waals surface area contributed by atoms with E-state index in [-0.39, 0.29) is 24.9 Å². The Morgan fingerprint density at radius 2 is 1.83 bits per heavy atom. The number of rotatable bonds is 10. The van der Waals surface area contributed by atoms with Crippen molar-refractivity contribution in [3.8, 4) is 40.1 Å². The Kier molecular flexibility index (Phi) is 8.85. The molecule has 4 aromatic carbocycles. The van der Waals surface area contributed by atoms with Gasteiger partial charge in [-0.25, -0.2) is 4.98 Å². The molecule has 0 fully saturated rings. The Morgan fingerprint density at radius 1 is 1.02 bits per heavy atom. The number of ether oxygens (including phenoxy) is 5. The number of nitrogens with zero attached hydrogens (tertiary/aromatic N) is 3. The van der Waals surface area contributed by atoms with E-state index < -0.39 is 0 Å². The molecule has 2 heterocycles. The number of benzene rings is 4. The first-order chi connectivity index (χ1) is 22.3. The Morgan fingerprint density at radius 3 is 2.61 bits per heavy atom. The predicted molar refractivity (Wildman–Crippen MR) is 179 cm³/mol. The lowest BCUT2D eigenvalue weighted by Crippen LogP contribution is -2.21. The third-order valence-electron chi connectivity index (χ3n) is 7.67. The molecular weight excluding hydrogens is 606 g/mol. The average molecular weight is 640 g/mol. The van der Waals surface area contributed by atoms with Crippen molar-refractivity contribution >= 4 is 28.7 Å². The fraction of sp³-hybridized carbons (Fsp3) is 0.250. The highest BCUT2D eigenvalue weighted by Gasteiger charge is 2.20. The number of hydrogen-bond acceptors (Lipinski definition) is 8. The van der Waals surface area contributed by atoms with Gasteiger partial charge in [0.2, 0.25) is 6.79 Å². The summed E-state index contributed by atoms with van der Waals surface area (Å²) in [7, 11) is 1.54. The van der Waals surface area contributed by atoms with E-state index in [0.29, 0.717) is 56.9 Å². The van der Waals surface area contributed by atoms with Gasteiger partial charge in [-0.05, 0) is 78.9 Å². The van der Waals surface area contributed by atoms with E-state index in [1.54, 1.807) is 18.2 Å². The van der Waals surface area contributed by atoms with E-state index in [1.165, 1.54) is 18.0 Å². The van der Waals surface area contributed by atoms with Crippen molar-refractivity contribution in [2.24, 2.45) is 5.10 Å². The minimum absolute atomic E-state index is 0.174. The van der Waals surface area contributed by atoms with Crippen LogP contribution in [0.5, 0.6) is 28.7 Å². The summed E-state index contributed by atoms with van der Waals surface area (Å²) in [4.78, 5) is 18.9. The highest BCUT2D eigenvalue weighted by atomic mass is 35.5. The van der Waals surface area contributed by atoms with Gasteiger partial charge in [0, 0.05) is 22.2 Å². The smallest absolute Gasteiger partial charge is 0.282 e. The Hall–Kier alpha value is -5.02. The number of aromatic nitrogens is 2. The highest BCUT2D eigenvalue weighted by Crippen LogP contribution is 2.37. The quantitative estimate of drug-likeness (QED) is 0.144. The van der Waals surface area contributed by atoms with Crippen molar-refractivity contribution < 1.29 is 23.7 Å². The summed E-state index contributed by atoms with van der Waals surface area (Å²) >= 11 is 6.49. The molecule has 0 unspecified atom stereocenters. The third kappa shape index (κ3) is 6.10. The van der Waals surface area contributed by atoms with Crippen LogP contribution in [0.3, 0.4) is 0 Å². The van der Waals surface area contributed by atoms with Crippen molar-refractivity contribution in [3.05, 3.63) is 104 Å². The van der Waals surface area contributed by atoms with Gasteiger partial charge in [-0.2, -0.15) is 9.78 Å². The van der Waals surface area contributed by atoms with Crippen LogP contribution < -0.4 is 29.2 Å². The van der Waals surface area contributed by atoms with Crippen LogP contribution in [0.25, 0.3) is 22.3 Å². The maximum Gasteiger partial charge on any atom is 0.282 e. The summed E-state index contributed by atoms with van der Waals surface area (Å²) in [5.74, 6) is 3.57. The fourth-order valence-electron chi connectivity index (χ4n) is 5.37. The molecule has 9 nitrogen and oxygen atoms in total. The molecule has 0 N–H and O–H groups in total. The molecule has 0 amide bonds. The number of methoxy groups -OCH3 is 1. The topological polar surface area (TPSA) is 93.4 Å². The summed E-state index contributed by atoms with van der Waals surface area (Å²) in [6.45, 7) is 9.09. The molecule has 10 heteroatoms. The second kappa shape index (κ2) is 13.1. The standard InChI is InChI=1S/C36H34ClN3O6/c1-6-43-31-13-22(4)28(17-27(31)21(2)3)35-39-29-10-8-7-9-26(29)36(41)40(35)38-18-24-15-25(37)16-33(42-5)34(24)44-19-23-11-12-30-32(14-23)46-20-45-30/h7-18,21H,6,19-20H2,1-5H3. The molecule has 0 radical (unpaired) electrons. The normalized spacial score (nSPS) is 12.3. The zero-order valence-electron chi connectivity index (χ0n) is 26.3. The summed E-state index contributed by atoms with van der Waals surface area (Å²) in [5.41, 5.74) is 4.33. The van der Waals surface area contributed by atoms with Crippen molar-refractivity contribution in [2.45, 2.75) is 40.2 Å². The van der Waals surface area contributed by atoms with E-state index in [0.717, 1.165) is 28.0 Å². The van der Waals surface area contributed by atoms with Crippen LogP contribution in [0.1, 0.15) is 48.9 Å². The van der Waals surface area contributed by atoms with Crippen molar-refractivity contribution in [1.82, 2.24) is 9.66 Å². The van der Waals surface area contributed by atoms with Gasteiger partial charge in [-0.15, -0.1) is 0 Å². The minimum Gasteiger partial charge on any atom is -0.494 e. The summed E-state index contributed by atoms with van der Waals surface area (Å²) in [5, 5.41) is 5.57. The maximum absolute atomic E-state index is 14.0. The highest BCUT2D eigenvalue weighted by molar-refractivity contribution is 6.31. The van der Waals surface area contributed by atoms with E-state index in [1.807, 2.05) is 62.4 Å². The van der Waals surface area contributed by atoms with Crippen LogP contribution in [-0.4, -0.2) is 36.4 Å². The molecule has 5 aromatic rings. The third-order valence-corrected chi connectivity index (χ3v) is 7.89. The fourth-order valence-corrected chi connectivity index (χ4v) is 5.59. The van der Waals surface area contributed by atoms with Crippen LogP contribution in [0.15, 0.2) is 76.6 Å². The molecule has 6 rings (SSSR count). The number of halogens is 1. The van der Waals surface area contributed by atoms with Gasteiger partial charge in [-0.1, -0.05) is 43.6 Å². The summed E-state index contributed by atoms with van der Waals surface area (Å²) in [6.07, 6.45) is 1.54. The first-order valence-corrected chi connectivity index (χ1v) is 15.4. The molecule has 1 aliphatic heterocycles. The molecule has 46 heavy (non-hydrogen) atoms. The molecule has 0 aliphatic carbocycles. The number of aryl methyl sites for hydroxylation is 1. The Labute approximate surface area is 271 Å².